The molecule has 0 aliphatic heterocycles. The molecule has 2 rings (SSSR count). The minimum atomic E-state index is -0.181. The van der Waals surface area contributed by atoms with Gasteiger partial charge in [-0.15, -0.1) is 0 Å². The SMILES string of the molecule is CCCN(CC(=O)Nc1ccccc1CC)CC(=O)Nc1ccccc1OC. The van der Waals surface area contributed by atoms with E-state index in [2.05, 4.69) is 17.6 Å². The summed E-state index contributed by atoms with van der Waals surface area (Å²) in [6, 6.07) is 15.0. The Bertz CT molecular complexity index is 729. The summed E-state index contributed by atoms with van der Waals surface area (Å²) in [6.07, 6.45) is 1.69. The van der Waals surface area contributed by atoms with Gasteiger partial charge >= 0.3 is 0 Å². The lowest BCUT2D eigenvalue weighted by atomic mass is 10.1. The van der Waals surface area contributed by atoms with E-state index < -0.39 is 0 Å². The van der Waals surface area contributed by atoms with E-state index in [0.717, 1.165) is 24.1 Å². The van der Waals surface area contributed by atoms with Gasteiger partial charge in [0.25, 0.3) is 0 Å². The lowest BCUT2D eigenvalue weighted by Crippen LogP contribution is -2.39. The summed E-state index contributed by atoms with van der Waals surface area (Å²) in [5.74, 6) is 0.297. The van der Waals surface area contributed by atoms with Gasteiger partial charge in [0.2, 0.25) is 11.8 Å². The zero-order valence-corrected chi connectivity index (χ0v) is 16.8. The van der Waals surface area contributed by atoms with E-state index in [1.165, 1.54) is 0 Å². The number of carbonyl (C=O) groups excluding carboxylic acids is 2. The maximum Gasteiger partial charge on any atom is 0.238 e. The average Bonchev–Trinajstić information content (AvgIpc) is 2.68. The second kappa shape index (κ2) is 11.1. The molecule has 2 aromatic rings. The first-order valence-electron chi connectivity index (χ1n) is 9.60. The Balaban J connectivity index is 1.96. The largest absolute Gasteiger partial charge is 0.495 e. The molecule has 2 aromatic carbocycles. The van der Waals surface area contributed by atoms with Crippen LogP contribution >= 0.6 is 0 Å². The molecule has 0 unspecified atom stereocenters. The van der Waals surface area contributed by atoms with Gasteiger partial charge in [-0.05, 0) is 43.1 Å². The third-order valence-electron chi connectivity index (χ3n) is 4.33. The molecule has 0 spiro atoms. The normalized spacial score (nSPS) is 10.6. The summed E-state index contributed by atoms with van der Waals surface area (Å²) in [5.41, 5.74) is 2.53. The molecule has 0 heterocycles. The van der Waals surface area contributed by atoms with Crippen LogP contribution in [0.5, 0.6) is 5.75 Å². The molecule has 0 aliphatic rings. The quantitative estimate of drug-likeness (QED) is 0.658. The minimum absolute atomic E-state index is 0.126. The van der Waals surface area contributed by atoms with Crippen LogP contribution in [0.25, 0.3) is 0 Å². The van der Waals surface area contributed by atoms with Crippen molar-refractivity contribution in [3.8, 4) is 5.75 Å². The fourth-order valence-electron chi connectivity index (χ4n) is 3.01. The molecule has 0 aromatic heterocycles. The van der Waals surface area contributed by atoms with Gasteiger partial charge in [-0.3, -0.25) is 14.5 Å². The number of para-hydroxylation sites is 3. The number of carbonyl (C=O) groups is 2. The highest BCUT2D eigenvalue weighted by molar-refractivity contribution is 5.95. The zero-order valence-electron chi connectivity index (χ0n) is 16.8. The summed E-state index contributed by atoms with van der Waals surface area (Å²) >= 11 is 0. The number of hydrogen-bond acceptors (Lipinski definition) is 4. The van der Waals surface area contributed by atoms with E-state index in [0.29, 0.717) is 18.0 Å². The van der Waals surface area contributed by atoms with Crippen LogP contribution in [0.3, 0.4) is 0 Å². The fourth-order valence-corrected chi connectivity index (χ4v) is 3.01. The number of methoxy groups -OCH3 is 1. The highest BCUT2D eigenvalue weighted by Gasteiger charge is 2.16. The van der Waals surface area contributed by atoms with Gasteiger partial charge < -0.3 is 15.4 Å². The predicted molar refractivity (Wildman–Crippen MR) is 113 cm³/mol. The van der Waals surface area contributed by atoms with Gasteiger partial charge in [0, 0.05) is 5.69 Å². The fraction of sp³-hybridized carbons (Fsp3) is 0.364. The molecule has 0 bridgehead atoms. The summed E-state index contributed by atoms with van der Waals surface area (Å²) < 4.78 is 5.26. The smallest absolute Gasteiger partial charge is 0.238 e. The number of benzene rings is 2. The first-order valence-corrected chi connectivity index (χ1v) is 9.60. The summed E-state index contributed by atoms with van der Waals surface area (Å²) in [6.45, 7) is 5.02. The maximum atomic E-state index is 12.5. The maximum absolute atomic E-state index is 12.5. The standard InChI is InChI=1S/C22H29N3O3/c1-4-14-25(15-21(26)23-18-11-7-6-10-17(18)5-2)16-22(27)24-19-12-8-9-13-20(19)28-3/h6-13H,4-5,14-16H2,1-3H3,(H,23,26)(H,24,27). The van der Waals surface area contributed by atoms with Gasteiger partial charge in [-0.1, -0.05) is 44.2 Å². The van der Waals surface area contributed by atoms with Gasteiger partial charge in [0.15, 0.2) is 0 Å². The number of hydrogen-bond donors (Lipinski definition) is 2. The van der Waals surface area contributed by atoms with Crippen LogP contribution in [0.2, 0.25) is 0 Å². The van der Waals surface area contributed by atoms with Crippen molar-refractivity contribution < 1.29 is 14.3 Å². The number of nitrogens with one attached hydrogen (secondary N) is 2. The van der Waals surface area contributed by atoms with Gasteiger partial charge in [-0.2, -0.15) is 0 Å². The van der Waals surface area contributed by atoms with E-state index in [1.807, 2.05) is 48.2 Å². The number of ether oxygens (including phenoxy) is 1. The van der Waals surface area contributed by atoms with Crippen LogP contribution in [0.4, 0.5) is 11.4 Å². The highest BCUT2D eigenvalue weighted by Crippen LogP contribution is 2.22. The Labute approximate surface area is 166 Å². The molecule has 0 atom stereocenters. The predicted octanol–water partition coefficient (Wildman–Crippen LogP) is 3.55. The molecule has 0 aliphatic carbocycles. The van der Waals surface area contributed by atoms with Gasteiger partial charge in [0.1, 0.15) is 5.75 Å². The molecule has 2 amide bonds. The Morgan fingerprint density at radius 2 is 1.46 bits per heavy atom. The second-order valence-corrected chi connectivity index (χ2v) is 6.52. The summed E-state index contributed by atoms with van der Waals surface area (Å²) in [4.78, 5) is 26.8. The third kappa shape index (κ3) is 6.39. The summed E-state index contributed by atoms with van der Waals surface area (Å²) in [5, 5.41) is 5.81. The van der Waals surface area contributed by atoms with E-state index in [4.69, 9.17) is 4.74 Å². The Kier molecular flexibility index (Phi) is 8.49. The lowest BCUT2D eigenvalue weighted by Gasteiger charge is -2.21. The van der Waals surface area contributed by atoms with Gasteiger partial charge in [0.05, 0.1) is 25.9 Å². The average molecular weight is 383 g/mol. The molecule has 28 heavy (non-hydrogen) atoms. The van der Waals surface area contributed by atoms with E-state index >= 15 is 0 Å². The monoisotopic (exact) mass is 383 g/mol. The molecular weight excluding hydrogens is 354 g/mol. The van der Waals surface area contributed by atoms with Crippen LogP contribution in [0.15, 0.2) is 48.5 Å². The number of nitrogens with zero attached hydrogens (tertiary/aromatic N) is 1. The van der Waals surface area contributed by atoms with Crippen LogP contribution < -0.4 is 15.4 Å². The van der Waals surface area contributed by atoms with E-state index in [9.17, 15) is 9.59 Å². The topological polar surface area (TPSA) is 70.7 Å². The first-order chi connectivity index (χ1) is 13.6. The van der Waals surface area contributed by atoms with Crippen molar-refractivity contribution >= 4 is 23.2 Å². The van der Waals surface area contributed by atoms with Gasteiger partial charge in [-0.25, -0.2) is 0 Å². The van der Waals surface area contributed by atoms with Crippen molar-refractivity contribution in [2.24, 2.45) is 0 Å². The second-order valence-electron chi connectivity index (χ2n) is 6.52. The molecule has 0 radical (unpaired) electrons. The Morgan fingerprint density at radius 3 is 2.07 bits per heavy atom. The van der Waals surface area contributed by atoms with E-state index in [1.54, 1.807) is 19.2 Å². The van der Waals surface area contributed by atoms with Crippen molar-refractivity contribution in [2.45, 2.75) is 26.7 Å². The van der Waals surface area contributed by atoms with Crippen molar-refractivity contribution in [3.05, 3.63) is 54.1 Å². The van der Waals surface area contributed by atoms with E-state index in [-0.39, 0.29) is 24.9 Å². The van der Waals surface area contributed by atoms with Crippen molar-refractivity contribution in [3.63, 3.8) is 0 Å². The summed E-state index contributed by atoms with van der Waals surface area (Å²) in [7, 11) is 1.56. The Hall–Kier alpha value is -2.86. The zero-order chi connectivity index (χ0) is 20.4. The number of amides is 2. The molecule has 0 saturated heterocycles. The van der Waals surface area contributed by atoms with Crippen LogP contribution in [0.1, 0.15) is 25.8 Å². The van der Waals surface area contributed by atoms with Crippen molar-refractivity contribution in [2.75, 3.05) is 37.4 Å². The minimum Gasteiger partial charge on any atom is -0.495 e. The molecule has 6 nitrogen and oxygen atoms in total. The molecule has 0 saturated carbocycles. The first kappa shape index (κ1) is 21.4. The third-order valence-corrected chi connectivity index (χ3v) is 4.33. The highest BCUT2D eigenvalue weighted by atomic mass is 16.5. The van der Waals surface area contributed by atoms with Crippen molar-refractivity contribution in [1.82, 2.24) is 4.90 Å². The van der Waals surface area contributed by atoms with Crippen LogP contribution in [-0.4, -0.2) is 43.5 Å². The van der Waals surface area contributed by atoms with Crippen LogP contribution in [-0.2, 0) is 16.0 Å². The number of aryl methyl sites for hydroxylation is 1. The van der Waals surface area contributed by atoms with Crippen LogP contribution in [0, 0.1) is 0 Å². The lowest BCUT2D eigenvalue weighted by molar-refractivity contribution is -0.120. The molecule has 150 valence electrons. The molecule has 2 N–H and O–H groups in total. The number of anilines is 2. The Morgan fingerprint density at radius 1 is 0.893 bits per heavy atom. The molecular formula is C22H29N3O3. The van der Waals surface area contributed by atoms with Crippen molar-refractivity contribution in [1.29, 1.82) is 0 Å². The molecule has 0 fully saturated rings. The number of rotatable bonds is 10. The molecule has 6 heteroatoms.